The molecule has 3 N–H and O–H groups in total. The van der Waals surface area contributed by atoms with Crippen molar-refractivity contribution in [3.05, 3.63) is 58.9 Å². The molecule has 0 radical (unpaired) electrons. The summed E-state index contributed by atoms with van der Waals surface area (Å²) in [7, 11) is 0. The van der Waals surface area contributed by atoms with Gasteiger partial charge in [-0.1, -0.05) is 18.2 Å². The maximum absolute atomic E-state index is 12.2. The van der Waals surface area contributed by atoms with Crippen LogP contribution in [0.4, 0.5) is 5.82 Å². The molecule has 0 saturated heterocycles. The SMILES string of the molecule is O=C(NCCNc1cnccn1)c1n[nH]c(=O)c2ccccc12. The zero-order valence-corrected chi connectivity index (χ0v) is 12.1. The zero-order chi connectivity index (χ0) is 16.1. The Bertz CT molecular complexity index is 878. The van der Waals surface area contributed by atoms with E-state index in [1.54, 1.807) is 42.9 Å². The molecule has 0 saturated carbocycles. The second-order valence-electron chi connectivity index (χ2n) is 4.72. The third-order valence-corrected chi connectivity index (χ3v) is 3.19. The number of carbonyl (C=O) groups is 1. The number of benzene rings is 1. The maximum atomic E-state index is 12.2. The second-order valence-corrected chi connectivity index (χ2v) is 4.72. The molecule has 2 aromatic heterocycles. The molecule has 0 aliphatic rings. The van der Waals surface area contributed by atoms with Crippen molar-refractivity contribution in [2.75, 3.05) is 18.4 Å². The topological polar surface area (TPSA) is 113 Å². The highest BCUT2D eigenvalue weighted by molar-refractivity contribution is 6.04. The monoisotopic (exact) mass is 310 g/mol. The van der Waals surface area contributed by atoms with E-state index in [2.05, 4.69) is 30.8 Å². The molecule has 23 heavy (non-hydrogen) atoms. The molecule has 2 heterocycles. The maximum Gasteiger partial charge on any atom is 0.272 e. The van der Waals surface area contributed by atoms with Gasteiger partial charge < -0.3 is 10.6 Å². The summed E-state index contributed by atoms with van der Waals surface area (Å²) in [6.45, 7) is 0.871. The minimum absolute atomic E-state index is 0.194. The Morgan fingerprint density at radius 1 is 1.13 bits per heavy atom. The van der Waals surface area contributed by atoms with Crippen LogP contribution in [0.5, 0.6) is 0 Å². The lowest BCUT2D eigenvalue weighted by Gasteiger charge is -2.08. The van der Waals surface area contributed by atoms with Crippen LogP contribution in [0, 0.1) is 0 Å². The number of aromatic amines is 1. The number of nitrogens with zero attached hydrogens (tertiary/aromatic N) is 3. The highest BCUT2D eigenvalue weighted by atomic mass is 16.2. The Labute approximate surface area is 131 Å². The van der Waals surface area contributed by atoms with Gasteiger partial charge in [-0.3, -0.25) is 14.6 Å². The fraction of sp³-hybridized carbons (Fsp3) is 0.133. The molecule has 3 rings (SSSR count). The van der Waals surface area contributed by atoms with Gasteiger partial charge in [-0.15, -0.1) is 0 Å². The molecule has 1 aromatic carbocycles. The summed E-state index contributed by atoms with van der Waals surface area (Å²) in [5.74, 6) is 0.285. The van der Waals surface area contributed by atoms with Crippen LogP contribution < -0.4 is 16.2 Å². The van der Waals surface area contributed by atoms with Gasteiger partial charge in [0, 0.05) is 30.9 Å². The molecule has 0 fully saturated rings. The van der Waals surface area contributed by atoms with Crippen LogP contribution >= 0.6 is 0 Å². The van der Waals surface area contributed by atoms with Crippen molar-refractivity contribution in [2.45, 2.75) is 0 Å². The summed E-state index contributed by atoms with van der Waals surface area (Å²) in [5.41, 5.74) is -0.124. The minimum atomic E-state index is -0.349. The van der Waals surface area contributed by atoms with Gasteiger partial charge >= 0.3 is 0 Å². The summed E-state index contributed by atoms with van der Waals surface area (Å²) in [5, 5.41) is 12.9. The molecule has 0 spiro atoms. The largest absolute Gasteiger partial charge is 0.367 e. The number of rotatable bonds is 5. The Hall–Kier alpha value is -3.29. The Morgan fingerprint density at radius 2 is 1.96 bits per heavy atom. The highest BCUT2D eigenvalue weighted by Crippen LogP contribution is 2.11. The summed E-state index contributed by atoms with van der Waals surface area (Å²) in [6.07, 6.45) is 4.76. The van der Waals surface area contributed by atoms with E-state index in [1.807, 2.05) is 0 Å². The average molecular weight is 310 g/mol. The zero-order valence-electron chi connectivity index (χ0n) is 12.1. The van der Waals surface area contributed by atoms with Crippen LogP contribution in [-0.2, 0) is 0 Å². The molecule has 3 aromatic rings. The Kier molecular flexibility index (Phi) is 4.23. The number of anilines is 1. The quantitative estimate of drug-likeness (QED) is 0.593. The molecule has 0 unspecified atom stereocenters. The second kappa shape index (κ2) is 6.65. The predicted molar refractivity (Wildman–Crippen MR) is 85.2 cm³/mol. The van der Waals surface area contributed by atoms with E-state index >= 15 is 0 Å². The number of fused-ring (bicyclic) bond motifs is 1. The minimum Gasteiger partial charge on any atom is -0.367 e. The molecule has 116 valence electrons. The lowest BCUT2D eigenvalue weighted by atomic mass is 10.1. The van der Waals surface area contributed by atoms with E-state index in [1.165, 1.54) is 0 Å². The number of hydrogen-bond acceptors (Lipinski definition) is 6. The lowest BCUT2D eigenvalue weighted by molar-refractivity contribution is 0.0951. The van der Waals surface area contributed by atoms with Crippen molar-refractivity contribution in [3.8, 4) is 0 Å². The standard InChI is InChI=1S/C15H14N6O2/c22-14-11-4-2-1-3-10(11)13(20-21-14)15(23)19-8-7-18-12-9-16-5-6-17-12/h1-6,9H,7-8H2,(H,17,18)(H,19,23)(H,21,22). The van der Waals surface area contributed by atoms with E-state index in [0.29, 0.717) is 29.7 Å². The molecule has 1 amide bonds. The van der Waals surface area contributed by atoms with Crippen LogP contribution in [0.25, 0.3) is 10.8 Å². The third kappa shape index (κ3) is 3.31. The van der Waals surface area contributed by atoms with Gasteiger partial charge in [-0.2, -0.15) is 5.10 Å². The lowest BCUT2D eigenvalue weighted by Crippen LogP contribution is -2.30. The molecule has 0 aliphatic heterocycles. The first kappa shape index (κ1) is 14.6. The van der Waals surface area contributed by atoms with Crippen LogP contribution in [0.1, 0.15) is 10.5 Å². The fourth-order valence-corrected chi connectivity index (χ4v) is 2.13. The fourth-order valence-electron chi connectivity index (χ4n) is 2.13. The van der Waals surface area contributed by atoms with Crippen LogP contribution in [-0.4, -0.2) is 39.2 Å². The van der Waals surface area contributed by atoms with Crippen molar-refractivity contribution >= 4 is 22.5 Å². The first-order chi connectivity index (χ1) is 11.3. The Morgan fingerprint density at radius 3 is 2.74 bits per heavy atom. The van der Waals surface area contributed by atoms with E-state index in [-0.39, 0.29) is 17.2 Å². The normalized spacial score (nSPS) is 10.4. The predicted octanol–water partition coefficient (Wildman–Crippen LogP) is 0.555. The van der Waals surface area contributed by atoms with Gasteiger partial charge in [0.05, 0.1) is 11.6 Å². The van der Waals surface area contributed by atoms with Crippen LogP contribution in [0.3, 0.4) is 0 Å². The van der Waals surface area contributed by atoms with E-state index in [0.717, 1.165) is 0 Å². The average Bonchev–Trinajstić information content (AvgIpc) is 2.60. The molecule has 0 atom stereocenters. The molecular weight excluding hydrogens is 296 g/mol. The van der Waals surface area contributed by atoms with E-state index in [9.17, 15) is 9.59 Å². The van der Waals surface area contributed by atoms with Crippen molar-refractivity contribution in [1.29, 1.82) is 0 Å². The number of nitrogens with one attached hydrogen (secondary N) is 3. The third-order valence-electron chi connectivity index (χ3n) is 3.19. The van der Waals surface area contributed by atoms with Gasteiger partial charge in [0.2, 0.25) is 0 Å². The molecule has 0 bridgehead atoms. The molecule has 8 nitrogen and oxygen atoms in total. The van der Waals surface area contributed by atoms with Crippen LogP contribution in [0.2, 0.25) is 0 Å². The van der Waals surface area contributed by atoms with E-state index in [4.69, 9.17) is 0 Å². The van der Waals surface area contributed by atoms with Crippen molar-refractivity contribution < 1.29 is 4.79 Å². The first-order valence-electron chi connectivity index (χ1n) is 7.01. The first-order valence-corrected chi connectivity index (χ1v) is 7.01. The number of aromatic nitrogens is 4. The summed E-state index contributed by atoms with van der Waals surface area (Å²) in [4.78, 5) is 31.9. The van der Waals surface area contributed by atoms with Crippen LogP contribution in [0.15, 0.2) is 47.7 Å². The van der Waals surface area contributed by atoms with Gasteiger partial charge in [0.1, 0.15) is 5.82 Å². The summed E-state index contributed by atoms with van der Waals surface area (Å²) >= 11 is 0. The molecule has 8 heteroatoms. The van der Waals surface area contributed by atoms with Gasteiger partial charge in [-0.25, -0.2) is 10.1 Å². The Balaban J connectivity index is 1.65. The number of amides is 1. The summed E-state index contributed by atoms with van der Waals surface area (Å²) < 4.78 is 0. The molecule has 0 aliphatic carbocycles. The van der Waals surface area contributed by atoms with E-state index < -0.39 is 0 Å². The number of H-pyrrole nitrogens is 1. The highest BCUT2D eigenvalue weighted by Gasteiger charge is 2.13. The van der Waals surface area contributed by atoms with Gasteiger partial charge in [-0.05, 0) is 6.07 Å². The van der Waals surface area contributed by atoms with Gasteiger partial charge in [0.25, 0.3) is 11.5 Å². The number of carbonyl (C=O) groups excluding carboxylic acids is 1. The van der Waals surface area contributed by atoms with Crippen molar-refractivity contribution in [1.82, 2.24) is 25.5 Å². The summed E-state index contributed by atoms with van der Waals surface area (Å²) in [6, 6.07) is 6.85. The molecular formula is C15H14N6O2. The van der Waals surface area contributed by atoms with Crippen molar-refractivity contribution in [3.63, 3.8) is 0 Å². The smallest absolute Gasteiger partial charge is 0.272 e. The van der Waals surface area contributed by atoms with Crippen molar-refractivity contribution in [2.24, 2.45) is 0 Å². The van der Waals surface area contributed by atoms with Gasteiger partial charge in [0.15, 0.2) is 5.69 Å². The number of hydrogen-bond donors (Lipinski definition) is 3.